The Kier molecular flexibility index (Phi) is 9.77. The lowest BCUT2D eigenvalue weighted by Crippen LogP contribution is -2.38. The van der Waals surface area contributed by atoms with Crippen LogP contribution in [0.4, 0.5) is 4.79 Å². The first kappa shape index (κ1) is 28.2. The number of benzene rings is 3. The monoisotopic (exact) mass is 544 g/mol. The molecule has 0 bridgehead atoms. The molecule has 4 aromatic rings. The average molecular weight is 545 g/mol. The van der Waals surface area contributed by atoms with Crippen molar-refractivity contribution in [2.45, 2.75) is 26.8 Å². The average Bonchev–Trinajstić information content (AvgIpc) is 3.34. The molecule has 0 aliphatic rings. The molecule has 1 aromatic heterocycles. The topological polar surface area (TPSA) is 100 Å². The number of ether oxygens (including phenoxy) is 4. The van der Waals surface area contributed by atoms with E-state index < -0.39 is 12.1 Å². The predicted molar refractivity (Wildman–Crippen MR) is 148 cm³/mol. The Hall–Kier alpha value is -4.79. The summed E-state index contributed by atoms with van der Waals surface area (Å²) >= 11 is 0. The molecule has 0 saturated carbocycles. The number of methoxy groups -OCH3 is 1. The Balaban J connectivity index is 1.36. The highest BCUT2D eigenvalue weighted by atomic mass is 16.6. The van der Waals surface area contributed by atoms with Gasteiger partial charge in [-0.05, 0) is 55.8 Å². The summed E-state index contributed by atoms with van der Waals surface area (Å²) in [5, 5.41) is 4.22. The number of carbonyl (C=O) groups excluding carboxylic acids is 2. The van der Waals surface area contributed by atoms with Gasteiger partial charge in [-0.3, -0.25) is 9.69 Å². The third-order valence-corrected chi connectivity index (χ3v) is 6.10. The van der Waals surface area contributed by atoms with E-state index in [1.54, 1.807) is 38.3 Å². The van der Waals surface area contributed by atoms with Gasteiger partial charge in [-0.1, -0.05) is 47.6 Å². The van der Waals surface area contributed by atoms with Gasteiger partial charge >= 0.3 is 12.1 Å². The van der Waals surface area contributed by atoms with Crippen molar-refractivity contribution in [1.29, 1.82) is 0 Å². The van der Waals surface area contributed by atoms with E-state index in [0.29, 0.717) is 30.3 Å². The van der Waals surface area contributed by atoms with Crippen molar-refractivity contribution >= 4 is 12.1 Å². The molecule has 9 heteroatoms. The first-order valence-electron chi connectivity index (χ1n) is 13.0. The highest BCUT2D eigenvalue weighted by Gasteiger charge is 2.21. The first-order chi connectivity index (χ1) is 19.5. The Bertz CT molecular complexity index is 1380. The van der Waals surface area contributed by atoms with Crippen LogP contribution in [0, 0.1) is 6.92 Å². The van der Waals surface area contributed by atoms with Crippen LogP contribution in [0.5, 0.6) is 17.2 Å². The van der Waals surface area contributed by atoms with Crippen molar-refractivity contribution in [3.63, 3.8) is 0 Å². The fourth-order valence-corrected chi connectivity index (χ4v) is 4.05. The van der Waals surface area contributed by atoms with Crippen LogP contribution >= 0.6 is 0 Å². The first-order valence-corrected chi connectivity index (χ1v) is 13.0. The van der Waals surface area contributed by atoms with E-state index in [-0.39, 0.29) is 19.7 Å². The van der Waals surface area contributed by atoms with Gasteiger partial charge in [0.05, 0.1) is 20.3 Å². The molecular formula is C31H32N2O7. The predicted octanol–water partition coefficient (Wildman–Crippen LogP) is 5.84. The Morgan fingerprint density at radius 2 is 1.57 bits per heavy atom. The van der Waals surface area contributed by atoms with Gasteiger partial charge in [-0.2, -0.15) is 0 Å². The molecule has 0 fully saturated rings. The lowest BCUT2D eigenvalue weighted by atomic mass is 10.0. The number of aryl methyl sites for hydroxylation is 1. The van der Waals surface area contributed by atoms with Gasteiger partial charge in [0.25, 0.3) is 0 Å². The smallest absolute Gasteiger partial charge is 0.416 e. The van der Waals surface area contributed by atoms with Gasteiger partial charge in [0.15, 0.2) is 0 Å². The van der Waals surface area contributed by atoms with Crippen molar-refractivity contribution in [2.24, 2.45) is 0 Å². The van der Waals surface area contributed by atoms with Crippen LogP contribution in [0.2, 0.25) is 0 Å². The summed E-state index contributed by atoms with van der Waals surface area (Å²) in [6.07, 6.45) is -0.0388. The quantitative estimate of drug-likeness (QED) is 0.205. The summed E-state index contributed by atoms with van der Waals surface area (Å²) in [7, 11) is 1.55. The maximum Gasteiger partial charge on any atom is 0.416 e. The van der Waals surface area contributed by atoms with Gasteiger partial charge in [-0.25, -0.2) is 4.79 Å². The van der Waals surface area contributed by atoms with Crippen LogP contribution in [0.3, 0.4) is 0 Å². The van der Waals surface area contributed by atoms with Gasteiger partial charge in [-0.15, -0.1) is 0 Å². The zero-order valence-corrected chi connectivity index (χ0v) is 22.8. The van der Waals surface area contributed by atoms with Crippen molar-refractivity contribution in [3.05, 3.63) is 95.7 Å². The molecule has 3 aromatic carbocycles. The molecule has 208 valence electrons. The second-order valence-electron chi connectivity index (χ2n) is 8.88. The Morgan fingerprint density at radius 3 is 2.25 bits per heavy atom. The molecule has 0 atom stereocenters. The Labute approximate surface area is 233 Å². The van der Waals surface area contributed by atoms with E-state index in [1.807, 2.05) is 61.5 Å². The maximum absolute atomic E-state index is 12.9. The molecule has 0 saturated heterocycles. The molecule has 4 rings (SSSR count). The van der Waals surface area contributed by atoms with Gasteiger partial charge < -0.3 is 23.5 Å². The number of nitrogens with zero attached hydrogens (tertiary/aromatic N) is 2. The fraction of sp³-hybridized carbons (Fsp3) is 0.258. The number of aromatic nitrogens is 1. The number of hydrogen-bond donors (Lipinski definition) is 0. The van der Waals surface area contributed by atoms with Crippen LogP contribution in [0.25, 0.3) is 11.3 Å². The van der Waals surface area contributed by atoms with E-state index in [0.717, 1.165) is 28.1 Å². The number of esters is 1. The van der Waals surface area contributed by atoms with Crippen LogP contribution in [-0.4, -0.2) is 49.0 Å². The van der Waals surface area contributed by atoms with E-state index in [2.05, 4.69) is 5.16 Å². The standard InChI is InChI=1S/C31H32N2O7/c1-4-37-29(34)21-33(31(35)39-27-16-14-25(36-3)15-17-27)20-23-10-12-26(13-11-23)38-19-18-28-22(2)40-32-30(28)24-8-6-5-7-9-24/h5-17H,4,18-21H2,1-3H3. The summed E-state index contributed by atoms with van der Waals surface area (Å²) in [5.74, 6) is 1.89. The molecule has 0 spiro atoms. The molecule has 1 heterocycles. The lowest BCUT2D eigenvalue weighted by molar-refractivity contribution is -0.144. The summed E-state index contributed by atoms with van der Waals surface area (Å²) in [5.41, 5.74) is 3.62. The lowest BCUT2D eigenvalue weighted by Gasteiger charge is -2.21. The minimum absolute atomic E-state index is 0.147. The van der Waals surface area contributed by atoms with Crippen molar-refractivity contribution in [1.82, 2.24) is 10.1 Å². The highest BCUT2D eigenvalue weighted by molar-refractivity contribution is 5.79. The molecule has 0 unspecified atom stereocenters. The molecular weight excluding hydrogens is 512 g/mol. The van der Waals surface area contributed by atoms with E-state index >= 15 is 0 Å². The second kappa shape index (κ2) is 13.8. The second-order valence-corrected chi connectivity index (χ2v) is 8.88. The third-order valence-electron chi connectivity index (χ3n) is 6.10. The van der Waals surface area contributed by atoms with Crippen LogP contribution in [0.15, 0.2) is 83.4 Å². The van der Waals surface area contributed by atoms with Crippen molar-refractivity contribution in [3.8, 4) is 28.5 Å². The molecule has 9 nitrogen and oxygen atoms in total. The summed E-state index contributed by atoms with van der Waals surface area (Å²) in [4.78, 5) is 26.4. The minimum Gasteiger partial charge on any atom is -0.497 e. The van der Waals surface area contributed by atoms with E-state index in [9.17, 15) is 9.59 Å². The molecule has 1 amide bonds. The molecule has 0 aliphatic heterocycles. The Morgan fingerprint density at radius 1 is 0.900 bits per heavy atom. The minimum atomic E-state index is -0.670. The largest absolute Gasteiger partial charge is 0.497 e. The van der Waals surface area contributed by atoms with Gasteiger partial charge in [0.1, 0.15) is 35.2 Å². The van der Waals surface area contributed by atoms with Crippen molar-refractivity contribution < 1.29 is 33.1 Å². The number of amides is 1. The summed E-state index contributed by atoms with van der Waals surface area (Å²) in [6, 6.07) is 23.8. The molecule has 0 aliphatic carbocycles. The van der Waals surface area contributed by atoms with Crippen LogP contribution < -0.4 is 14.2 Å². The SMILES string of the molecule is CCOC(=O)CN(Cc1ccc(OCCc2c(-c3ccccc3)noc2C)cc1)C(=O)Oc1ccc(OC)cc1. The van der Waals surface area contributed by atoms with Crippen molar-refractivity contribution in [2.75, 3.05) is 26.9 Å². The zero-order valence-electron chi connectivity index (χ0n) is 22.8. The number of hydrogen-bond acceptors (Lipinski definition) is 8. The number of rotatable bonds is 12. The van der Waals surface area contributed by atoms with E-state index in [1.165, 1.54) is 4.90 Å². The van der Waals surface area contributed by atoms with Gasteiger partial charge in [0, 0.05) is 24.1 Å². The summed E-state index contributed by atoms with van der Waals surface area (Å²) < 4.78 is 27.0. The maximum atomic E-state index is 12.9. The molecule has 40 heavy (non-hydrogen) atoms. The van der Waals surface area contributed by atoms with E-state index in [4.69, 9.17) is 23.5 Å². The number of carbonyl (C=O) groups is 2. The fourth-order valence-electron chi connectivity index (χ4n) is 4.05. The van der Waals surface area contributed by atoms with Gasteiger partial charge in [0.2, 0.25) is 0 Å². The molecule has 0 radical (unpaired) electrons. The zero-order chi connectivity index (χ0) is 28.3. The highest BCUT2D eigenvalue weighted by Crippen LogP contribution is 2.26. The van der Waals surface area contributed by atoms with Crippen LogP contribution in [-0.2, 0) is 22.5 Å². The summed E-state index contributed by atoms with van der Waals surface area (Å²) in [6.45, 7) is 4.16. The van der Waals surface area contributed by atoms with Crippen LogP contribution in [0.1, 0.15) is 23.8 Å². The normalized spacial score (nSPS) is 10.6. The molecule has 0 N–H and O–H groups in total. The third kappa shape index (κ3) is 7.63.